The number of esters is 3. The first-order valence-electron chi connectivity index (χ1n) is 46.0. The molecule has 5 aliphatic carbocycles. The summed E-state index contributed by atoms with van der Waals surface area (Å²) in [6.07, 6.45) is 26.2. The van der Waals surface area contributed by atoms with Crippen molar-refractivity contribution in [3.8, 4) is 50.6 Å². The highest BCUT2D eigenvalue weighted by atomic mass is 79.9. The van der Waals surface area contributed by atoms with Gasteiger partial charge in [-0.1, -0.05) is 84.1 Å². The lowest BCUT2D eigenvalue weighted by atomic mass is 9.96. The molecule has 33 nitrogen and oxygen atoms in total. The van der Waals surface area contributed by atoms with E-state index in [4.69, 9.17) is 68.3 Å². The van der Waals surface area contributed by atoms with Crippen molar-refractivity contribution in [2.75, 3.05) is 27.9 Å². The summed E-state index contributed by atoms with van der Waals surface area (Å²) in [6, 6.07) is 34.3. The van der Waals surface area contributed by atoms with Crippen molar-refractivity contribution < 1.29 is 81.8 Å². The zero-order valence-corrected chi connectivity index (χ0v) is 83.9. The highest BCUT2D eigenvalue weighted by molar-refractivity contribution is 9.08. The number of methoxy groups -OCH3 is 3. The first-order valence-corrected chi connectivity index (χ1v) is 48.3. The Kier molecular flexibility index (Phi) is 36.9. The molecule has 0 bridgehead atoms. The van der Waals surface area contributed by atoms with Gasteiger partial charge >= 0.3 is 29.8 Å². The van der Waals surface area contributed by atoms with Crippen molar-refractivity contribution in [3.63, 3.8) is 0 Å². The molecule has 0 amide bonds. The number of carbonyl (C=O) groups excluding carboxylic acids is 7. The Labute approximate surface area is 839 Å². The molecule has 37 heteroatoms. The van der Waals surface area contributed by atoms with Crippen LogP contribution in [0.15, 0.2) is 191 Å². The van der Waals surface area contributed by atoms with Crippen molar-refractivity contribution in [3.05, 3.63) is 279 Å². The minimum atomic E-state index is -1.06. The number of Topliss-reactive ketones (excluding diaryl/α,β-unsaturated/α-hetero) is 4. The summed E-state index contributed by atoms with van der Waals surface area (Å²) in [4.78, 5) is 149. The second-order valence-electron chi connectivity index (χ2n) is 36.1. The van der Waals surface area contributed by atoms with Gasteiger partial charge in [-0.2, -0.15) is 25.5 Å². The quantitative estimate of drug-likeness (QED) is 0.0167. The van der Waals surface area contributed by atoms with Crippen LogP contribution in [0.25, 0.3) is 33.4 Å². The third-order valence-corrected chi connectivity index (χ3v) is 24.0. The number of aromatic nitrogens is 13. The van der Waals surface area contributed by atoms with E-state index in [0.717, 1.165) is 49.5 Å². The molecule has 8 heterocycles. The summed E-state index contributed by atoms with van der Waals surface area (Å²) in [5.74, 6) is -3.08. The van der Waals surface area contributed by atoms with E-state index in [1.807, 2.05) is 44.8 Å². The van der Waals surface area contributed by atoms with Gasteiger partial charge in [0.05, 0.1) is 99.4 Å². The smallest absolute Gasteiger partial charge is 0.358 e. The average molecular weight is 2060 g/mol. The van der Waals surface area contributed by atoms with Crippen LogP contribution in [0.1, 0.15) is 281 Å². The average Bonchev–Trinajstić information content (AvgIpc) is 1.72. The largest absolute Gasteiger partial charge is 0.495 e. The second-order valence-corrected chi connectivity index (χ2v) is 38.0. The van der Waals surface area contributed by atoms with Crippen molar-refractivity contribution >= 4 is 104 Å². The highest BCUT2D eigenvalue weighted by Crippen LogP contribution is 2.42. The number of halogens is 4. The number of carboxylic acid groups (broad SMARTS) is 2. The van der Waals surface area contributed by atoms with E-state index in [9.17, 15) is 62.6 Å². The minimum Gasteiger partial charge on any atom is -0.495 e. The topological polar surface area (TPSA) is 405 Å². The van der Waals surface area contributed by atoms with E-state index in [0.29, 0.717) is 155 Å². The van der Waals surface area contributed by atoms with Gasteiger partial charge in [0.25, 0.3) is 16.7 Å². The standard InChI is InChI=1S/C31H28ClN3O6.C28H32ClN3O5.C21H24ClNO5.C9H12N2O2.C7H9BrN2.C7H8N2O2.CH4/c1-18(36)24-10-7-21(32)14-25(24)26-16-30(38)34(17-29(26)41-2)27(15-22-11-12-35(33-22)23-8-9-23)28(37)13-19-3-5-20(6-4-19)31(39)40;1-6-24(33)20-10-7-17(29)13-21(20)22-15-26(34)31(16-25(22)36-5)23(27(35)37-28(2,3)4)14-18-11-12-32(30-18)19-8-9-19;1-6-17(24)14-8-7-13(22)9-15(14)16-10-19(25)23(11-18(16)27-5)12-20(26)28-21(2,3)4;1-2-13-9(12)8-5-6-11(10-8)7-3-4-7;8-5-6-3-4-10(9-6)7-1-2-7;10-7(11)6-3-4-9(8-6)5-1-2-5;/h3-7,10-12,14,16-17,23,27H,8-9,13,15H2,1-2H3,(H,39,40);7,10-13,15-16,19,23H,6,8-9,14H2,1-5H3;7-11H,6,12H2,1-5H3;5-7H,2-4H2,1H3;3-4,7H,1-2,5H2;3-5H,1-2H2,(H,10,11);1H4. The van der Waals surface area contributed by atoms with E-state index in [1.54, 1.807) is 146 Å². The molecule has 12 aromatic rings. The Hall–Kier alpha value is -13.4. The van der Waals surface area contributed by atoms with Crippen LogP contribution in [0.5, 0.6) is 17.2 Å². The number of carbonyl (C=O) groups is 9. The first kappa shape index (κ1) is 108. The Morgan fingerprint density at radius 3 is 1.21 bits per heavy atom. The van der Waals surface area contributed by atoms with E-state index in [-0.39, 0.29) is 73.6 Å². The van der Waals surface area contributed by atoms with Gasteiger partial charge in [0, 0.05) is 135 Å². The van der Waals surface area contributed by atoms with Crippen LogP contribution in [0, 0.1) is 0 Å². The lowest BCUT2D eigenvalue weighted by molar-refractivity contribution is -0.159. The molecule has 0 spiro atoms. The molecule has 4 aromatic carbocycles. The molecule has 2 unspecified atom stereocenters. The van der Waals surface area contributed by atoms with Crippen LogP contribution in [-0.4, -0.2) is 165 Å². The van der Waals surface area contributed by atoms with Crippen molar-refractivity contribution in [1.29, 1.82) is 0 Å². The summed E-state index contributed by atoms with van der Waals surface area (Å²) < 4.78 is 45.8. The van der Waals surface area contributed by atoms with Crippen molar-refractivity contribution in [2.24, 2.45) is 0 Å². The molecule has 5 fully saturated rings. The summed E-state index contributed by atoms with van der Waals surface area (Å²) in [6.45, 7) is 17.5. The number of aromatic carboxylic acids is 2. The number of hydrogen-bond acceptors (Lipinski definition) is 23. The number of hydrogen-bond donors (Lipinski definition) is 2. The zero-order chi connectivity index (χ0) is 101. The number of nitrogens with zero attached hydrogens (tertiary/aromatic N) is 13. The molecule has 2 atom stereocenters. The van der Waals surface area contributed by atoms with Gasteiger partial charge in [0.1, 0.15) is 47.1 Å². The first-order chi connectivity index (χ1) is 66.7. The summed E-state index contributed by atoms with van der Waals surface area (Å²) in [5.41, 5.74) is 5.03. The van der Waals surface area contributed by atoms with Gasteiger partial charge in [-0.05, 0) is 239 Å². The predicted octanol–water partition coefficient (Wildman–Crippen LogP) is 19.8. The maximum absolute atomic E-state index is 13.8. The molecular formula is C104H117BrCl3N13O20. The molecule has 17 rings (SSSR count). The van der Waals surface area contributed by atoms with Crippen LogP contribution in [-0.2, 0) is 59.7 Å². The lowest BCUT2D eigenvalue weighted by Crippen LogP contribution is -2.36. The molecule has 2 N–H and O–H groups in total. The Morgan fingerprint density at radius 2 is 0.823 bits per heavy atom. The lowest BCUT2D eigenvalue weighted by Gasteiger charge is -2.25. The molecule has 0 saturated heterocycles. The summed E-state index contributed by atoms with van der Waals surface area (Å²) in [7, 11) is 4.37. The number of pyridine rings is 3. The fourth-order valence-corrected chi connectivity index (χ4v) is 15.8. The van der Waals surface area contributed by atoms with Gasteiger partial charge in [-0.25, -0.2) is 19.2 Å². The minimum absolute atomic E-state index is 0. The molecular weight excluding hydrogens is 1940 g/mol. The van der Waals surface area contributed by atoms with Crippen LogP contribution in [0.4, 0.5) is 0 Å². The molecule has 5 aliphatic rings. The Bertz CT molecular complexity index is 6730. The number of benzene rings is 4. The predicted molar refractivity (Wildman–Crippen MR) is 536 cm³/mol. The monoisotopic (exact) mass is 2050 g/mol. The van der Waals surface area contributed by atoms with E-state index in [1.165, 1.54) is 123 Å². The van der Waals surface area contributed by atoms with Crippen LogP contribution >= 0.6 is 50.7 Å². The highest BCUT2D eigenvalue weighted by Gasteiger charge is 2.35. The van der Waals surface area contributed by atoms with E-state index >= 15 is 0 Å². The van der Waals surface area contributed by atoms with Crippen LogP contribution < -0.4 is 30.9 Å². The van der Waals surface area contributed by atoms with Gasteiger partial charge in [-0.15, -0.1) is 0 Å². The number of rotatable bonds is 33. The third-order valence-electron chi connectivity index (χ3n) is 22.8. The maximum Gasteiger partial charge on any atom is 0.358 e. The zero-order valence-electron chi connectivity index (χ0n) is 80.1. The normalized spacial score (nSPS) is 13.9. The van der Waals surface area contributed by atoms with E-state index < -0.39 is 63.8 Å². The SMILES string of the molecule is BrCc1ccn(C2CC2)n1.C.CCC(=O)c1ccc(Cl)cc1-c1cc(=O)n(C(Cc2ccn(C3CC3)n2)C(=O)OC(C)(C)C)cc1OC.CCC(=O)c1ccc(Cl)cc1-c1cc(=O)n(CC(=O)OC(C)(C)C)cc1OC.CCOC(=O)c1ccn(C2CC2)n1.COc1cn(C(Cc2ccn(C3CC3)n2)C(=O)Cc2ccc(C(=O)O)cc2)c(=O)cc1-c1cc(Cl)ccc1C(C)=O.O=C(O)c1ccn(C2CC2)n1. The summed E-state index contributed by atoms with van der Waals surface area (Å²) >= 11 is 22.0. The van der Waals surface area contributed by atoms with Gasteiger partial charge < -0.3 is 47.8 Å². The van der Waals surface area contributed by atoms with Crippen molar-refractivity contribution in [1.82, 2.24) is 62.6 Å². The maximum atomic E-state index is 13.8. The van der Waals surface area contributed by atoms with Crippen LogP contribution in [0.3, 0.4) is 0 Å². The van der Waals surface area contributed by atoms with Gasteiger partial charge in [-0.3, -0.25) is 66.3 Å². The molecule has 8 aromatic heterocycles. The van der Waals surface area contributed by atoms with Gasteiger partial charge in [0.15, 0.2) is 34.5 Å². The Balaban J connectivity index is 0.000000173. The fraction of sp³-hybridized carbons (Fsp3) is 0.394. The number of carboxylic acids is 2. The second kappa shape index (κ2) is 48.2. The van der Waals surface area contributed by atoms with Gasteiger partial charge in [0.2, 0.25) is 0 Å². The number of ketones is 4. The summed E-state index contributed by atoms with van der Waals surface area (Å²) in [5, 5.41) is 41.5. The molecule has 0 aliphatic heterocycles. The molecule has 141 heavy (non-hydrogen) atoms. The van der Waals surface area contributed by atoms with E-state index in [2.05, 4.69) is 58.4 Å². The number of alkyl halides is 1. The van der Waals surface area contributed by atoms with Crippen molar-refractivity contribution in [2.45, 2.75) is 238 Å². The molecule has 5 saturated carbocycles. The Morgan fingerprint density at radius 1 is 0.447 bits per heavy atom. The fourth-order valence-electron chi connectivity index (χ4n) is 15.0. The molecule has 746 valence electrons. The molecule has 0 radical (unpaired) electrons. The third kappa shape index (κ3) is 29.8. The number of ether oxygens (including phenoxy) is 6. The van der Waals surface area contributed by atoms with Crippen LogP contribution in [0.2, 0.25) is 15.1 Å².